The molecule has 18 heavy (non-hydrogen) atoms. The van der Waals surface area contributed by atoms with E-state index >= 15 is 0 Å². The number of nitrogens with one attached hydrogen (secondary N) is 1. The third-order valence-electron chi connectivity index (χ3n) is 3.52. The summed E-state index contributed by atoms with van der Waals surface area (Å²) in [7, 11) is 0. The molecule has 0 aromatic heterocycles. The molecule has 1 fully saturated rings. The molecule has 1 aromatic rings. The molecule has 4 heteroatoms. The monoisotopic (exact) mass is 268 g/mol. The molecule has 0 aliphatic carbocycles. The lowest BCUT2D eigenvalue weighted by Gasteiger charge is -2.26. The normalized spacial score (nSPS) is 17.6. The van der Waals surface area contributed by atoms with Crippen LogP contribution in [0.15, 0.2) is 24.3 Å². The lowest BCUT2D eigenvalue weighted by Crippen LogP contribution is -2.32. The molecule has 0 radical (unpaired) electrons. The topological polar surface area (TPSA) is 35.8 Å². The van der Waals surface area contributed by atoms with Gasteiger partial charge in [0.2, 0.25) is 0 Å². The molecule has 1 N–H and O–H groups in total. The molecule has 1 aromatic carbocycles. The first-order chi connectivity index (χ1) is 8.31. The molecule has 98 valence electrons. The Morgan fingerprint density at radius 1 is 1.33 bits per heavy atom. The van der Waals surface area contributed by atoms with E-state index in [0.717, 1.165) is 25.9 Å². The first-order valence-corrected chi connectivity index (χ1v) is 6.15. The van der Waals surface area contributed by atoms with Crippen molar-refractivity contribution in [2.75, 3.05) is 13.1 Å². The second-order valence-electron chi connectivity index (χ2n) is 4.62. The van der Waals surface area contributed by atoms with E-state index in [9.17, 15) is 9.65 Å². The molecule has 1 aliphatic rings. The zero-order valence-corrected chi connectivity index (χ0v) is 11.0. The molecule has 1 heterocycles. The standard InChI is InChI=1S/C14H17FN2.ClH/c15-14-4-2-1-3-12(14)9-13(10-16)11-5-7-17-8-6-11;/h1-4,11,13,17H,5-9H2;1H. The van der Waals surface area contributed by atoms with Crippen LogP contribution in [-0.2, 0) is 6.42 Å². The van der Waals surface area contributed by atoms with Crippen molar-refractivity contribution in [2.45, 2.75) is 19.3 Å². The number of nitriles is 1. The van der Waals surface area contributed by atoms with Gasteiger partial charge in [0.25, 0.3) is 0 Å². The maximum absolute atomic E-state index is 13.5. The van der Waals surface area contributed by atoms with Gasteiger partial charge in [0.1, 0.15) is 5.82 Å². The second-order valence-corrected chi connectivity index (χ2v) is 4.62. The quantitative estimate of drug-likeness (QED) is 0.915. The number of halogens is 2. The van der Waals surface area contributed by atoms with Crippen LogP contribution in [0.3, 0.4) is 0 Å². The summed E-state index contributed by atoms with van der Waals surface area (Å²) < 4.78 is 13.5. The van der Waals surface area contributed by atoms with Crippen LogP contribution in [0.4, 0.5) is 4.39 Å². The third-order valence-corrected chi connectivity index (χ3v) is 3.52. The SMILES string of the molecule is Cl.N#CC(Cc1ccccc1F)C1CCNCC1. The summed E-state index contributed by atoms with van der Waals surface area (Å²) in [5.41, 5.74) is 0.664. The van der Waals surface area contributed by atoms with Crippen LogP contribution in [0.2, 0.25) is 0 Å². The highest BCUT2D eigenvalue weighted by molar-refractivity contribution is 5.85. The van der Waals surface area contributed by atoms with Gasteiger partial charge in [0, 0.05) is 0 Å². The Hall–Kier alpha value is -1.11. The van der Waals surface area contributed by atoms with Crippen molar-refractivity contribution in [3.63, 3.8) is 0 Å². The van der Waals surface area contributed by atoms with Gasteiger partial charge in [-0.15, -0.1) is 12.4 Å². The highest BCUT2D eigenvalue weighted by Crippen LogP contribution is 2.25. The molecule has 0 saturated carbocycles. The predicted molar refractivity (Wildman–Crippen MR) is 72.0 cm³/mol. The van der Waals surface area contributed by atoms with Gasteiger partial charge < -0.3 is 5.32 Å². The van der Waals surface area contributed by atoms with Crippen LogP contribution in [0.1, 0.15) is 18.4 Å². The van der Waals surface area contributed by atoms with Crippen molar-refractivity contribution in [1.82, 2.24) is 5.32 Å². The molecule has 2 rings (SSSR count). The predicted octanol–water partition coefficient (Wildman–Crippen LogP) is 2.93. The highest BCUT2D eigenvalue weighted by Gasteiger charge is 2.24. The van der Waals surface area contributed by atoms with E-state index in [4.69, 9.17) is 0 Å². The Morgan fingerprint density at radius 2 is 2.00 bits per heavy atom. The first-order valence-electron chi connectivity index (χ1n) is 6.15. The van der Waals surface area contributed by atoms with E-state index in [2.05, 4.69) is 11.4 Å². The summed E-state index contributed by atoms with van der Waals surface area (Å²) in [6, 6.07) is 9.11. The fourth-order valence-corrected chi connectivity index (χ4v) is 2.47. The van der Waals surface area contributed by atoms with Crippen molar-refractivity contribution >= 4 is 12.4 Å². The van der Waals surface area contributed by atoms with E-state index in [0.29, 0.717) is 17.9 Å². The van der Waals surface area contributed by atoms with Gasteiger partial charge in [-0.2, -0.15) is 5.26 Å². The van der Waals surface area contributed by atoms with E-state index < -0.39 is 0 Å². The summed E-state index contributed by atoms with van der Waals surface area (Å²) in [6.07, 6.45) is 2.58. The van der Waals surface area contributed by atoms with Crippen LogP contribution < -0.4 is 5.32 Å². The molecule has 1 aliphatic heterocycles. The van der Waals surface area contributed by atoms with Crippen molar-refractivity contribution in [3.05, 3.63) is 35.6 Å². The number of hydrogen-bond donors (Lipinski definition) is 1. The van der Waals surface area contributed by atoms with Gasteiger partial charge in [0.15, 0.2) is 0 Å². The Labute approximate surface area is 114 Å². The molecular formula is C14H18ClFN2. The number of piperidine rings is 1. The van der Waals surface area contributed by atoms with Crippen LogP contribution in [-0.4, -0.2) is 13.1 Å². The van der Waals surface area contributed by atoms with Gasteiger partial charge in [-0.25, -0.2) is 4.39 Å². The maximum Gasteiger partial charge on any atom is 0.126 e. The molecule has 1 saturated heterocycles. The smallest absolute Gasteiger partial charge is 0.126 e. The fraction of sp³-hybridized carbons (Fsp3) is 0.500. The minimum Gasteiger partial charge on any atom is -0.317 e. The van der Waals surface area contributed by atoms with E-state index in [-0.39, 0.29) is 24.1 Å². The lowest BCUT2D eigenvalue weighted by molar-refractivity contribution is 0.301. The molecule has 1 atom stereocenters. The Kier molecular flexibility index (Phi) is 6.11. The summed E-state index contributed by atoms with van der Waals surface area (Å²) in [6.45, 7) is 1.94. The average Bonchev–Trinajstić information content (AvgIpc) is 2.39. The van der Waals surface area contributed by atoms with Crippen molar-refractivity contribution < 1.29 is 4.39 Å². The zero-order valence-electron chi connectivity index (χ0n) is 10.2. The largest absolute Gasteiger partial charge is 0.317 e. The number of hydrogen-bond acceptors (Lipinski definition) is 2. The maximum atomic E-state index is 13.5. The Balaban J connectivity index is 0.00000162. The van der Waals surface area contributed by atoms with Crippen LogP contribution in [0, 0.1) is 29.0 Å². The van der Waals surface area contributed by atoms with Crippen molar-refractivity contribution in [2.24, 2.45) is 11.8 Å². The molecule has 0 amide bonds. The van der Waals surface area contributed by atoms with Crippen LogP contribution in [0.25, 0.3) is 0 Å². The van der Waals surface area contributed by atoms with Gasteiger partial charge in [-0.1, -0.05) is 18.2 Å². The van der Waals surface area contributed by atoms with E-state index in [1.54, 1.807) is 12.1 Å². The highest BCUT2D eigenvalue weighted by atomic mass is 35.5. The summed E-state index contributed by atoms with van der Waals surface area (Å²) in [4.78, 5) is 0. The molecule has 1 unspecified atom stereocenters. The van der Waals surface area contributed by atoms with Gasteiger partial charge >= 0.3 is 0 Å². The second kappa shape index (κ2) is 7.35. The van der Waals surface area contributed by atoms with Gasteiger partial charge in [-0.3, -0.25) is 0 Å². The minimum atomic E-state index is -0.193. The lowest BCUT2D eigenvalue weighted by atomic mass is 9.82. The van der Waals surface area contributed by atoms with Crippen LogP contribution in [0.5, 0.6) is 0 Å². The van der Waals surface area contributed by atoms with E-state index in [1.165, 1.54) is 6.07 Å². The van der Waals surface area contributed by atoms with Gasteiger partial charge in [0.05, 0.1) is 12.0 Å². The summed E-state index contributed by atoms with van der Waals surface area (Å²) in [5, 5.41) is 12.5. The number of rotatable bonds is 3. The third kappa shape index (κ3) is 3.69. The zero-order chi connectivity index (χ0) is 12.1. The number of benzene rings is 1. The molecule has 0 spiro atoms. The van der Waals surface area contributed by atoms with E-state index in [1.807, 2.05) is 6.07 Å². The molecular weight excluding hydrogens is 251 g/mol. The first kappa shape index (κ1) is 14.9. The average molecular weight is 269 g/mol. The Morgan fingerprint density at radius 3 is 2.61 bits per heavy atom. The summed E-state index contributed by atoms with van der Waals surface area (Å²) in [5.74, 6) is 0.150. The summed E-state index contributed by atoms with van der Waals surface area (Å²) >= 11 is 0. The van der Waals surface area contributed by atoms with Gasteiger partial charge in [-0.05, 0) is 49.9 Å². The van der Waals surface area contributed by atoms with Crippen LogP contribution >= 0.6 is 12.4 Å². The van der Waals surface area contributed by atoms with Crippen molar-refractivity contribution in [3.8, 4) is 6.07 Å². The minimum absolute atomic E-state index is 0. The molecule has 2 nitrogen and oxygen atoms in total. The fourth-order valence-electron chi connectivity index (χ4n) is 2.47. The van der Waals surface area contributed by atoms with Crippen molar-refractivity contribution in [1.29, 1.82) is 5.26 Å². The Bertz CT molecular complexity index is 411. The number of nitrogens with zero attached hydrogens (tertiary/aromatic N) is 1. The molecule has 0 bridgehead atoms.